The summed E-state index contributed by atoms with van der Waals surface area (Å²) in [5.74, 6) is 0.732. The Morgan fingerprint density at radius 1 is 1.31 bits per heavy atom. The summed E-state index contributed by atoms with van der Waals surface area (Å²) in [5, 5.41) is 9.51. The van der Waals surface area contributed by atoms with Crippen LogP contribution in [0.25, 0.3) is 0 Å². The van der Waals surface area contributed by atoms with Crippen LogP contribution in [-0.2, 0) is 16.1 Å². The Hall–Kier alpha value is -2.12. The lowest BCUT2D eigenvalue weighted by molar-refractivity contribution is -0.114. The van der Waals surface area contributed by atoms with Gasteiger partial charge in [-0.1, -0.05) is 12.1 Å². The molecule has 1 saturated heterocycles. The molecule has 1 aliphatic rings. The summed E-state index contributed by atoms with van der Waals surface area (Å²) in [6.45, 7) is 11.5. The molecule has 1 aromatic carbocycles. The number of rotatable bonds is 7. The number of nitrogens with one attached hydrogen (secondary N) is 3. The van der Waals surface area contributed by atoms with Crippen LogP contribution in [0.15, 0.2) is 29.3 Å². The van der Waals surface area contributed by atoms with Gasteiger partial charge in [-0.3, -0.25) is 9.69 Å². The Labute approximate surface area is 156 Å². The molecule has 1 heterocycles. The monoisotopic (exact) mass is 361 g/mol. The van der Waals surface area contributed by atoms with E-state index >= 15 is 0 Å². The normalized spacial score (nSPS) is 16.8. The van der Waals surface area contributed by atoms with E-state index in [0.717, 1.165) is 56.6 Å². The van der Waals surface area contributed by atoms with Crippen molar-refractivity contribution < 1.29 is 9.53 Å². The van der Waals surface area contributed by atoms with Crippen molar-refractivity contribution in [2.24, 2.45) is 4.99 Å². The van der Waals surface area contributed by atoms with Gasteiger partial charge in [0, 0.05) is 44.8 Å². The third-order valence-corrected chi connectivity index (χ3v) is 4.25. The van der Waals surface area contributed by atoms with Gasteiger partial charge in [0.1, 0.15) is 0 Å². The molecule has 144 valence electrons. The minimum atomic E-state index is -0.0715. The van der Waals surface area contributed by atoms with Gasteiger partial charge in [0.05, 0.1) is 19.8 Å². The summed E-state index contributed by atoms with van der Waals surface area (Å²) in [6, 6.07) is 8.18. The zero-order valence-electron chi connectivity index (χ0n) is 16.0. The number of benzene rings is 1. The third kappa shape index (κ3) is 7.01. The molecular formula is C19H31N5O2. The fourth-order valence-corrected chi connectivity index (χ4v) is 2.85. The number of hydrogen-bond donors (Lipinski definition) is 3. The van der Waals surface area contributed by atoms with Crippen LogP contribution in [0.5, 0.6) is 0 Å². The van der Waals surface area contributed by atoms with E-state index in [9.17, 15) is 4.79 Å². The number of hydrogen-bond acceptors (Lipinski definition) is 4. The highest BCUT2D eigenvalue weighted by Gasteiger charge is 2.16. The predicted octanol–water partition coefficient (Wildman–Crippen LogP) is 1.42. The Kier molecular flexibility index (Phi) is 8.37. The van der Waals surface area contributed by atoms with Crippen LogP contribution in [-0.4, -0.2) is 62.2 Å². The summed E-state index contributed by atoms with van der Waals surface area (Å²) in [7, 11) is 0. The number of anilines is 1. The number of ether oxygens (including phenoxy) is 1. The van der Waals surface area contributed by atoms with Gasteiger partial charge in [0.15, 0.2) is 5.96 Å². The van der Waals surface area contributed by atoms with Crippen molar-refractivity contribution in [2.45, 2.75) is 33.4 Å². The number of aliphatic imine (C=N–C) groups is 1. The molecular weight excluding hydrogens is 330 g/mol. The van der Waals surface area contributed by atoms with E-state index in [0.29, 0.717) is 12.6 Å². The predicted molar refractivity (Wildman–Crippen MR) is 105 cm³/mol. The molecule has 1 atom stereocenters. The average molecular weight is 361 g/mol. The molecule has 1 aliphatic heterocycles. The fourth-order valence-electron chi connectivity index (χ4n) is 2.85. The van der Waals surface area contributed by atoms with Gasteiger partial charge in [-0.25, -0.2) is 4.99 Å². The lowest BCUT2D eigenvalue weighted by Gasteiger charge is -2.32. The molecule has 1 unspecified atom stereocenters. The molecule has 0 bridgehead atoms. The molecule has 2 rings (SSSR count). The molecule has 1 amide bonds. The minimum absolute atomic E-state index is 0.0715. The molecule has 26 heavy (non-hydrogen) atoms. The standard InChI is InChI=1S/C19H31N5O2/c1-4-20-19(21-13-15(2)24-8-10-26-11-9-24)22-14-17-6-5-7-18(12-17)23-16(3)25/h5-7,12,15H,4,8-11,13-14H2,1-3H3,(H,23,25)(H2,20,21,22). The second-order valence-corrected chi connectivity index (χ2v) is 6.45. The quantitative estimate of drug-likeness (QED) is 0.506. The molecule has 7 heteroatoms. The number of morpholine rings is 1. The molecule has 0 saturated carbocycles. The number of nitrogens with zero attached hydrogens (tertiary/aromatic N) is 2. The topological polar surface area (TPSA) is 78.0 Å². The molecule has 0 spiro atoms. The van der Waals surface area contributed by atoms with E-state index in [4.69, 9.17) is 4.74 Å². The number of carbonyl (C=O) groups excluding carboxylic acids is 1. The highest BCUT2D eigenvalue weighted by atomic mass is 16.5. The van der Waals surface area contributed by atoms with Crippen molar-refractivity contribution in [1.29, 1.82) is 0 Å². The van der Waals surface area contributed by atoms with Gasteiger partial charge in [0.2, 0.25) is 5.91 Å². The van der Waals surface area contributed by atoms with Crippen LogP contribution in [0.2, 0.25) is 0 Å². The second kappa shape index (κ2) is 10.8. The second-order valence-electron chi connectivity index (χ2n) is 6.45. The fraction of sp³-hybridized carbons (Fsp3) is 0.579. The zero-order chi connectivity index (χ0) is 18.8. The number of amides is 1. The Morgan fingerprint density at radius 3 is 2.77 bits per heavy atom. The summed E-state index contributed by atoms with van der Waals surface area (Å²) in [4.78, 5) is 18.3. The maximum atomic E-state index is 11.2. The van der Waals surface area contributed by atoms with Crippen LogP contribution < -0.4 is 16.0 Å². The lowest BCUT2D eigenvalue weighted by atomic mass is 10.2. The maximum absolute atomic E-state index is 11.2. The first-order valence-corrected chi connectivity index (χ1v) is 9.29. The van der Waals surface area contributed by atoms with Gasteiger partial charge in [-0.05, 0) is 31.5 Å². The summed E-state index contributed by atoms with van der Waals surface area (Å²) in [5.41, 5.74) is 1.85. The van der Waals surface area contributed by atoms with E-state index in [1.54, 1.807) is 0 Å². The lowest BCUT2D eigenvalue weighted by Crippen LogP contribution is -2.49. The van der Waals surface area contributed by atoms with Gasteiger partial charge in [0.25, 0.3) is 0 Å². The van der Waals surface area contributed by atoms with Crippen LogP contribution >= 0.6 is 0 Å². The number of guanidine groups is 1. The van der Waals surface area contributed by atoms with Crippen molar-refractivity contribution in [2.75, 3.05) is 44.7 Å². The summed E-state index contributed by atoms with van der Waals surface area (Å²) in [6.07, 6.45) is 0. The summed E-state index contributed by atoms with van der Waals surface area (Å²) >= 11 is 0. The van der Waals surface area contributed by atoms with E-state index in [-0.39, 0.29) is 5.91 Å². The SMILES string of the molecule is CCNC(=NCc1cccc(NC(C)=O)c1)NCC(C)N1CCOCC1. The third-order valence-electron chi connectivity index (χ3n) is 4.25. The van der Waals surface area contributed by atoms with Gasteiger partial charge in [-0.2, -0.15) is 0 Å². The van der Waals surface area contributed by atoms with Crippen molar-refractivity contribution in [3.05, 3.63) is 29.8 Å². The van der Waals surface area contributed by atoms with Crippen LogP contribution in [0.1, 0.15) is 26.3 Å². The number of carbonyl (C=O) groups is 1. The van der Waals surface area contributed by atoms with Crippen LogP contribution in [0, 0.1) is 0 Å². The van der Waals surface area contributed by atoms with E-state index in [1.807, 2.05) is 24.3 Å². The minimum Gasteiger partial charge on any atom is -0.379 e. The Balaban J connectivity index is 1.90. The van der Waals surface area contributed by atoms with Gasteiger partial charge < -0.3 is 20.7 Å². The molecule has 3 N–H and O–H groups in total. The summed E-state index contributed by atoms with van der Waals surface area (Å²) < 4.78 is 5.41. The van der Waals surface area contributed by atoms with E-state index in [1.165, 1.54) is 6.92 Å². The Morgan fingerprint density at radius 2 is 2.08 bits per heavy atom. The van der Waals surface area contributed by atoms with E-state index < -0.39 is 0 Å². The molecule has 0 aliphatic carbocycles. The largest absolute Gasteiger partial charge is 0.379 e. The van der Waals surface area contributed by atoms with E-state index in [2.05, 4.69) is 39.7 Å². The van der Waals surface area contributed by atoms with Crippen molar-refractivity contribution in [3.8, 4) is 0 Å². The average Bonchev–Trinajstić information content (AvgIpc) is 2.64. The first-order valence-electron chi connectivity index (χ1n) is 9.29. The highest BCUT2D eigenvalue weighted by molar-refractivity contribution is 5.88. The van der Waals surface area contributed by atoms with Gasteiger partial charge in [-0.15, -0.1) is 0 Å². The first kappa shape index (κ1) is 20.2. The Bertz CT molecular complexity index is 599. The van der Waals surface area contributed by atoms with Crippen LogP contribution in [0.4, 0.5) is 5.69 Å². The molecule has 0 radical (unpaired) electrons. The highest BCUT2D eigenvalue weighted by Crippen LogP contribution is 2.11. The smallest absolute Gasteiger partial charge is 0.221 e. The van der Waals surface area contributed by atoms with Gasteiger partial charge >= 0.3 is 0 Å². The van der Waals surface area contributed by atoms with Crippen molar-refractivity contribution in [3.63, 3.8) is 0 Å². The maximum Gasteiger partial charge on any atom is 0.221 e. The molecule has 1 aromatic rings. The van der Waals surface area contributed by atoms with Crippen molar-refractivity contribution in [1.82, 2.24) is 15.5 Å². The van der Waals surface area contributed by atoms with Crippen LogP contribution in [0.3, 0.4) is 0 Å². The molecule has 0 aromatic heterocycles. The first-order chi connectivity index (χ1) is 12.6. The molecule has 7 nitrogen and oxygen atoms in total. The zero-order valence-corrected chi connectivity index (χ0v) is 16.0. The molecule has 1 fully saturated rings. The van der Waals surface area contributed by atoms with Crippen molar-refractivity contribution >= 4 is 17.6 Å².